The molecule has 0 radical (unpaired) electrons. The highest BCUT2D eigenvalue weighted by Crippen LogP contribution is 2.61. The lowest BCUT2D eigenvalue weighted by Gasteiger charge is -2.23. The molecule has 0 aromatic rings. The second-order valence-electron chi connectivity index (χ2n) is 4.82. The molecule has 1 atom stereocenters. The largest absolute Gasteiger partial charge is 0.353 e. The second kappa shape index (κ2) is 8.01. The highest BCUT2D eigenvalue weighted by Gasteiger charge is 2.42. The minimum atomic E-state index is -4.80. The van der Waals surface area contributed by atoms with Crippen LogP contribution in [-0.2, 0) is 18.6 Å². The summed E-state index contributed by atoms with van der Waals surface area (Å²) in [4.78, 5) is 35.8. The van der Waals surface area contributed by atoms with Crippen molar-refractivity contribution in [2.45, 2.75) is 50.2 Å². The van der Waals surface area contributed by atoms with Crippen LogP contribution in [0.3, 0.4) is 0 Å². The molecule has 4 N–H and O–H groups in total. The molecule has 0 aliphatic carbocycles. The molecule has 120 valence electrons. The smallest absolute Gasteiger partial charge is 0.340 e. The first-order chi connectivity index (χ1) is 9.21. The molecule has 0 bridgehead atoms. The summed E-state index contributed by atoms with van der Waals surface area (Å²) < 4.78 is 32.8. The minimum absolute atomic E-state index is 0.233. The van der Waals surface area contributed by atoms with E-state index in [1.54, 1.807) is 0 Å². The average Bonchev–Trinajstić information content (AvgIpc) is 2.31. The molecule has 0 saturated carbocycles. The van der Waals surface area contributed by atoms with Crippen LogP contribution < -0.4 is 0 Å². The molecule has 20 heavy (non-hydrogen) atoms. The van der Waals surface area contributed by atoms with E-state index in [2.05, 4.69) is 0 Å². The van der Waals surface area contributed by atoms with Gasteiger partial charge in [0.15, 0.2) is 11.7 Å². The molecule has 0 aromatic heterocycles. The molecule has 1 aliphatic heterocycles. The van der Waals surface area contributed by atoms with Gasteiger partial charge in [0.05, 0.1) is 0 Å². The summed E-state index contributed by atoms with van der Waals surface area (Å²) >= 11 is 0. The molecular weight excluding hydrogens is 310 g/mol. The summed E-state index contributed by atoms with van der Waals surface area (Å²) in [5, 5.41) is -1.92. The van der Waals surface area contributed by atoms with Gasteiger partial charge in [-0.2, -0.15) is 0 Å². The molecule has 0 spiro atoms. The molecule has 10 heteroatoms. The van der Waals surface area contributed by atoms with Crippen LogP contribution in [0.15, 0.2) is 0 Å². The summed E-state index contributed by atoms with van der Waals surface area (Å²) in [7, 11) is -9.60. The molecule has 0 amide bonds. The van der Waals surface area contributed by atoms with Crippen LogP contribution in [0.4, 0.5) is 0 Å². The molecule has 1 saturated heterocycles. The first-order valence-corrected chi connectivity index (χ1v) is 9.91. The van der Waals surface area contributed by atoms with Crippen LogP contribution in [0.1, 0.15) is 38.5 Å². The van der Waals surface area contributed by atoms with Crippen LogP contribution in [0.25, 0.3) is 0 Å². The molecule has 1 unspecified atom stereocenters. The van der Waals surface area contributed by atoms with Crippen molar-refractivity contribution >= 4 is 15.2 Å². The molecule has 1 heterocycles. The highest BCUT2D eigenvalue weighted by molar-refractivity contribution is 7.70. The van der Waals surface area contributed by atoms with E-state index in [9.17, 15) is 9.13 Å². The van der Waals surface area contributed by atoms with E-state index in [-0.39, 0.29) is 19.1 Å². The Bertz CT molecular complexity index is 347. The van der Waals surface area contributed by atoms with E-state index in [4.69, 9.17) is 29.0 Å². The summed E-state index contributed by atoms with van der Waals surface area (Å²) in [5.41, 5.74) is 0. The number of rotatable bonds is 8. The maximum Gasteiger partial charge on any atom is 0.340 e. The molecule has 8 nitrogen and oxygen atoms in total. The molecule has 1 fully saturated rings. The van der Waals surface area contributed by atoms with Gasteiger partial charge in [-0.25, -0.2) is 0 Å². The summed E-state index contributed by atoms with van der Waals surface area (Å²) in [6, 6.07) is 0. The predicted molar refractivity (Wildman–Crippen MR) is 71.3 cm³/mol. The van der Waals surface area contributed by atoms with Crippen molar-refractivity contribution in [3.63, 3.8) is 0 Å². The summed E-state index contributed by atoms with van der Waals surface area (Å²) in [6.07, 6.45) is 3.17. The van der Waals surface area contributed by atoms with E-state index in [0.29, 0.717) is 19.6 Å². The monoisotopic (exact) mass is 332 g/mol. The van der Waals surface area contributed by atoms with Crippen LogP contribution in [-0.4, -0.2) is 44.5 Å². The number of unbranched alkanes of at least 4 members (excludes halogenated alkanes) is 1. The normalized spacial score (nSPS) is 21.4. The SMILES string of the molecule is O=P(O)(O)C(CCCCOC1CCCCO1)P(=O)(O)O. The number of ether oxygens (including phenoxy) is 2. The van der Waals surface area contributed by atoms with Crippen LogP contribution in [0, 0.1) is 0 Å². The zero-order chi connectivity index (χ0) is 15.2. The van der Waals surface area contributed by atoms with Gasteiger partial charge in [0.2, 0.25) is 0 Å². The fourth-order valence-electron chi connectivity index (χ4n) is 2.02. The van der Waals surface area contributed by atoms with Crippen molar-refractivity contribution in [1.29, 1.82) is 0 Å². The highest BCUT2D eigenvalue weighted by atomic mass is 31.2. The third-order valence-electron chi connectivity index (χ3n) is 3.07. The van der Waals surface area contributed by atoms with Crippen LogP contribution in [0.2, 0.25) is 0 Å². The lowest BCUT2D eigenvalue weighted by Crippen LogP contribution is -2.22. The Morgan fingerprint density at radius 3 is 2.25 bits per heavy atom. The average molecular weight is 332 g/mol. The maximum atomic E-state index is 11.0. The quantitative estimate of drug-likeness (QED) is 0.387. The Morgan fingerprint density at radius 1 is 1.10 bits per heavy atom. The topological polar surface area (TPSA) is 134 Å². The Kier molecular flexibility index (Phi) is 7.32. The second-order valence-corrected chi connectivity index (χ2v) is 8.83. The number of hydrogen-bond donors (Lipinski definition) is 4. The summed E-state index contributed by atoms with van der Waals surface area (Å²) in [6.45, 7) is 1.02. The van der Waals surface area contributed by atoms with Crippen molar-refractivity contribution in [3.05, 3.63) is 0 Å². The van der Waals surface area contributed by atoms with E-state index in [1.165, 1.54) is 0 Å². The Morgan fingerprint density at radius 2 is 1.75 bits per heavy atom. The van der Waals surface area contributed by atoms with Crippen molar-refractivity contribution in [3.8, 4) is 0 Å². The van der Waals surface area contributed by atoms with Crippen molar-refractivity contribution in [1.82, 2.24) is 0 Å². The van der Waals surface area contributed by atoms with Gasteiger partial charge in [0, 0.05) is 13.2 Å². The van der Waals surface area contributed by atoms with Crippen molar-refractivity contribution in [2.24, 2.45) is 0 Å². The van der Waals surface area contributed by atoms with E-state index < -0.39 is 20.6 Å². The first-order valence-electron chi connectivity index (χ1n) is 6.55. The lowest BCUT2D eigenvalue weighted by molar-refractivity contribution is -0.162. The Labute approximate surface area is 117 Å². The molecule has 0 aromatic carbocycles. The van der Waals surface area contributed by atoms with Gasteiger partial charge >= 0.3 is 15.2 Å². The van der Waals surface area contributed by atoms with Gasteiger partial charge in [-0.15, -0.1) is 0 Å². The fraction of sp³-hybridized carbons (Fsp3) is 1.00. The van der Waals surface area contributed by atoms with Gasteiger partial charge in [0.1, 0.15) is 0 Å². The molecule has 1 aliphatic rings. The van der Waals surface area contributed by atoms with Gasteiger partial charge in [-0.1, -0.05) is 0 Å². The van der Waals surface area contributed by atoms with Crippen LogP contribution in [0.5, 0.6) is 0 Å². The Balaban J connectivity index is 2.24. The van der Waals surface area contributed by atoms with E-state index >= 15 is 0 Å². The van der Waals surface area contributed by atoms with Gasteiger partial charge < -0.3 is 29.0 Å². The minimum Gasteiger partial charge on any atom is -0.353 e. The zero-order valence-electron chi connectivity index (χ0n) is 11.1. The standard InChI is InChI=1S/C10H22O8P2/c11-19(12,13)10(20(14,15)16)6-2-4-8-18-9-5-1-3-7-17-9/h9-10H,1-8H2,(H2,11,12,13)(H2,14,15,16). The van der Waals surface area contributed by atoms with Crippen molar-refractivity contribution in [2.75, 3.05) is 13.2 Å². The van der Waals surface area contributed by atoms with Crippen LogP contribution >= 0.6 is 15.2 Å². The maximum absolute atomic E-state index is 11.0. The van der Waals surface area contributed by atoms with Crippen molar-refractivity contribution < 1.29 is 38.2 Å². The van der Waals surface area contributed by atoms with Gasteiger partial charge in [0.25, 0.3) is 0 Å². The van der Waals surface area contributed by atoms with E-state index in [0.717, 1.165) is 19.3 Å². The third-order valence-corrected chi connectivity index (χ3v) is 6.95. The van der Waals surface area contributed by atoms with Gasteiger partial charge in [-0.3, -0.25) is 9.13 Å². The predicted octanol–water partition coefficient (Wildman–Crippen LogP) is 1.38. The van der Waals surface area contributed by atoms with Gasteiger partial charge in [-0.05, 0) is 38.5 Å². The lowest BCUT2D eigenvalue weighted by atomic mass is 10.2. The molecular formula is C10H22O8P2. The fourth-order valence-corrected chi connectivity index (χ4v) is 4.62. The van der Waals surface area contributed by atoms with E-state index in [1.807, 2.05) is 0 Å². The third kappa shape index (κ3) is 6.78. The zero-order valence-corrected chi connectivity index (χ0v) is 12.9. The molecule has 1 rings (SSSR count). The summed E-state index contributed by atoms with van der Waals surface area (Å²) in [5.74, 6) is 0. The Hall–Kier alpha value is 0.220. The first kappa shape index (κ1) is 18.3. The number of hydrogen-bond acceptors (Lipinski definition) is 4.